The fourth-order valence-electron chi connectivity index (χ4n) is 4.93. The molecule has 1 radical (unpaired) electrons. The van der Waals surface area contributed by atoms with Crippen molar-refractivity contribution in [2.24, 2.45) is 0 Å². The van der Waals surface area contributed by atoms with Crippen LogP contribution in [0.5, 0.6) is 34.5 Å². The van der Waals surface area contributed by atoms with E-state index >= 15 is 0 Å². The maximum atomic E-state index is 6.63. The van der Waals surface area contributed by atoms with E-state index in [0.29, 0.717) is 39.3 Å². The van der Waals surface area contributed by atoms with Crippen molar-refractivity contribution < 1.29 is 48.5 Å². The van der Waals surface area contributed by atoms with Gasteiger partial charge in [0, 0.05) is 33.4 Å². The van der Waals surface area contributed by atoms with Crippen molar-refractivity contribution in [1.82, 2.24) is 0 Å². The number of ether oxygens (including phenoxy) is 6. The number of hydrogen-bond donors (Lipinski definition) is 0. The molecule has 0 aliphatic carbocycles. The number of hydrogen-bond acceptors (Lipinski definition) is 6. The van der Waals surface area contributed by atoms with Crippen LogP contribution in [-0.2, 0) is 59.4 Å². The molecule has 0 aliphatic rings. The van der Waals surface area contributed by atoms with E-state index in [1.165, 1.54) is 0 Å². The van der Waals surface area contributed by atoms with E-state index in [4.69, 9.17) is 67.9 Å². The molecule has 0 aromatic heterocycles. The summed E-state index contributed by atoms with van der Waals surface area (Å²) in [7, 11) is 9.77. The minimum absolute atomic E-state index is 0. The van der Waals surface area contributed by atoms with Gasteiger partial charge in [-0.15, -0.1) is 0 Å². The molecule has 0 saturated carbocycles. The summed E-state index contributed by atoms with van der Waals surface area (Å²) in [6.45, 7) is 42.5. The molecule has 6 rings (SSSR count). The first-order chi connectivity index (χ1) is 32.2. The van der Waals surface area contributed by atoms with Crippen molar-refractivity contribution in [3.05, 3.63) is 247 Å². The second-order valence-corrected chi connectivity index (χ2v) is 13.0. The predicted octanol–water partition coefficient (Wildman–Crippen LogP) is 12.7. The van der Waals surface area contributed by atoms with Crippen LogP contribution in [0.15, 0.2) is 146 Å². The van der Waals surface area contributed by atoms with Gasteiger partial charge in [-0.2, -0.15) is 0 Å². The Labute approximate surface area is 410 Å². The zero-order valence-corrected chi connectivity index (χ0v) is 40.5. The Kier molecular flexibility index (Phi) is 33.5. The molecule has 6 aromatic rings. The Morgan fingerprint density at radius 2 is 0.343 bits per heavy atom. The molecule has 0 N–H and O–H groups in total. The predicted molar refractivity (Wildman–Crippen MR) is 260 cm³/mol. The van der Waals surface area contributed by atoms with E-state index in [1.54, 1.807) is 42.7 Å². The second-order valence-electron chi connectivity index (χ2n) is 13.0. The van der Waals surface area contributed by atoms with E-state index in [1.807, 2.05) is 146 Å². The third-order valence-corrected chi connectivity index (χ3v) is 8.52. The average Bonchev–Trinajstić information content (AvgIpc) is 3.37. The second kappa shape index (κ2) is 38.2. The normalized spacial score (nSPS) is 8.60. The summed E-state index contributed by atoms with van der Waals surface area (Å²) < 4.78 is 29.8. The van der Waals surface area contributed by atoms with Crippen molar-refractivity contribution in [3.63, 3.8) is 0 Å². The van der Waals surface area contributed by atoms with Gasteiger partial charge in [-0.25, -0.2) is 39.4 Å². The van der Waals surface area contributed by atoms with Crippen LogP contribution < -0.4 is 28.4 Å². The molecule has 13 heteroatoms. The molecule has 0 saturated heterocycles. The zero-order chi connectivity index (χ0) is 48.6. The number of benzene rings is 6. The topological polar surface area (TPSA) is 81.5 Å². The minimum Gasteiger partial charge on any atom is -0.497 e. The molecule has 0 fully saturated rings. The van der Waals surface area contributed by atoms with Crippen molar-refractivity contribution in [3.8, 4) is 34.5 Å². The third kappa shape index (κ3) is 26.8. The maximum Gasteiger partial charge on any atom is 6.00 e. The van der Waals surface area contributed by atoms with Gasteiger partial charge >= 0.3 is 20.1 Å². The van der Waals surface area contributed by atoms with Crippen molar-refractivity contribution in [2.75, 3.05) is 42.7 Å². The van der Waals surface area contributed by atoms with Crippen molar-refractivity contribution >= 4 is 0 Å². The van der Waals surface area contributed by atoms with Gasteiger partial charge in [-0.1, -0.05) is 0 Å². The van der Waals surface area contributed by atoms with Crippen LogP contribution in [0.3, 0.4) is 0 Å². The van der Waals surface area contributed by atoms with Crippen LogP contribution in [0.2, 0.25) is 0 Å². The van der Waals surface area contributed by atoms with Gasteiger partial charge in [0.2, 0.25) is 39.3 Å². The molecule has 337 valence electrons. The summed E-state index contributed by atoms with van der Waals surface area (Å²) in [6.07, 6.45) is 0. The SMILES string of the molecule is [C-]#[N+]Cc1ccc(OC)cc1.[C-]#[N+]Cc1ccc(OC)cc1.[C-]#[N+]Cc1ccc(OC)cc1.[C-]#[N+]Cc1ccc(OC)cc1.[C-]#[N+]Cc1ccc(OC)cc1.[C-]#[N+]Cc1ccc(OC)cc1.[Tc+6]. The largest absolute Gasteiger partial charge is 6.00 e. The van der Waals surface area contributed by atoms with Gasteiger partial charge in [-0.05, 0) is 146 Å². The third-order valence-electron chi connectivity index (χ3n) is 8.52. The van der Waals surface area contributed by atoms with Gasteiger partial charge in [0.15, 0.2) is 0 Å². The van der Waals surface area contributed by atoms with Gasteiger partial charge in [-0.3, -0.25) is 0 Å². The molecule has 0 heterocycles. The molecular formula is C54H54N6O6Tc+6. The summed E-state index contributed by atoms with van der Waals surface area (Å²) in [6, 6.07) is 45.1. The Bertz CT molecular complexity index is 2020. The molecule has 0 spiro atoms. The van der Waals surface area contributed by atoms with Crippen LogP contribution in [0.4, 0.5) is 0 Å². The molecule has 0 unspecified atom stereocenters. The number of methoxy groups -OCH3 is 6. The average molecular weight is 981 g/mol. The van der Waals surface area contributed by atoms with E-state index in [-0.39, 0.29) is 20.1 Å². The maximum absolute atomic E-state index is 6.63. The fraction of sp³-hybridized carbons (Fsp3) is 0.222. The van der Waals surface area contributed by atoms with Crippen LogP contribution in [0.25, 0.3) is 29.1 Å². The van der Waals surface area contributed by atoms with Crippen LogP contribution >= 0.6 is 0 Å². The van der Waals surface area contributed by atoms with Crippen LogP contribution in [0, 0.1) is 39.4 Å². The zero-order valence-electron chi connectivity index (χ0n) is 38.6. The first kappa shape index (κ1) is 58.7. The van der Waals surface area contributed by atoms with Crippen molar-refractivity contribution in [2.45, 2.75) is 39.3 Å². The first-order valence-electron chi connectivity index (χ1n) is 20.0. The van der Waals surface area contributed by atoms with E-state index in [9.17, 15) is 0 Å². The molecule has 0 amide bonds. The van der Waals surface area contributed by atoms with Crippen molar-refractivity contribution in [1.29, 1.82) is 0 Å². The molecule has 67 heavy (non-hydrogen) atoms. The quantitative estimate of drug-likeness (QED) is 0.114. The summed E-state index contributed by atoms with van der Waals surface area (Å²) in [5.74, 6) is 4.99. The van der Waals surface area contributed by atoms with E-state index in [0.717, 1.165) is 67.9 Å². The van der Waals surface area contributed by atoms with Gasteiger partial charge in [0.05, 0.1) is 42.7 Å². The van der Waals surface area contributed by atoms with E-state index < -0.39 is 0 Å². The standard InChI is InChI=1S/6C9H9NO.Tc/c6*1-10-7-8-3-5-9(11-2)6-4-8;/h6*3-6H,7H2,2H3;/q;;;;;;+6. The van der Waals surface area contributed by atoms with E-state index in [2.05, 4.69) is 29.1 Å². The Morgan fingerprint density at radius 1 is 0.239 bits per heavy atom. The van der Waals surface area contributed by atoms with Gasteiger partial charge in [0.1, 0.15) is 34.5 Å². The van der Waals surface area contributed by atoms with Gasteiger partial charge in [0.25, 0.3) is 0 Å². The minimum atomic E-state index is 0. The number of rotatable bonds is 12. The molecular weight excluding hydrogens is 927 g/mol. The first-order valence-corrected chi connectivity index (χ1v) is 20.0. The molecule has 0 aliphatic heterocycles. The Morgan fingerprint density at radius 3 is 0.418 bits per heavy atom. The smallest absolute Gasteiger partial charge is 0.497 e. The molecule has 6 aromatic carbocycles. The summed E-state index contributed by atoms with van der Waals surface area (Å²) in [5.41, 5.74) is 6.17. The summed E-state index contributed by atoms with van der Waals surface area (Å²) >= 11 is 0. The Hall–Kier alpha value is -8.29. The summed E-state index contributed by atoms with van der Waals surface area (Å²) in [4.78, 5) is 19.6. The molecule has 0 bridgehead atoms. The molecule has 12 nitrogen and oxygen atoms in total. The summed E-state index contributed by atoms with van der Waals surface area (Å²) in [5, 5.41) is 0. The van der Waals surface area contributed by atoms with Crippen LogP contribution in [0.1, 0.15) is 33.4 Å². The van der Waals surface area contributed by atoms with Gasteiger partial charge < -0.3 is 57.5 Å². The molecule has 0 atom stereocenters. The number of nitrogens with zero attached hydrogens (tertiary/aromatic N) is 6. The fourth-order valence-corrected chi connectivity index (χ4v) is 4.93. The van der Waals surface area contributed by atoms with Crippen LogP contribution in [-0.4, -0.2) is 42.7 Å². The Balaban J connectivity index is 0.000000778. The monoisotopic (exact) mass is 979 g/mol.